The van der Waals surface area contributed by atoms with Gasteiger partial charge in [0.2, 0.25) is 0 Å². The third-order valence-electron chi connectivity index (χ3n) is 1.10. The first-order valence-electron chi connectivity index (χ1n) is 3.90. The number of hydrogen-bond donors (Lipinski definition) is 1. The van der Waals surface area contributed by atoms with Crippen LogP contribution in [0.25, 0.3) is 11.2 Å². The van der Waals surface area contributed by atoms with E-state index in [1.807, 2.05) is 26.0 Å². The summed E-state index contributed by atoms with van der Waals surface area (Å²) in [6, 6.07) is 0. The lowest BCUT2D eigenvalue weighted by atomic mass is 10.6. The molecule has 0 fully saturated rings. The van der Waals surface area contributed by atoms with E-state index in [1.54, 1.807) is 12.5 Å². The van der Waals surface area contributed by atoms with Gasteiger partial charge in [-0.25, -0.2) is 15.0 Å². The minimum absolute atomic E-state index is 0.713. The first kappa shape index (κ1) is 9.60. The summed E-state index contributed by atoms with van der Waals surface area (Å²) in [6.45, 7) is 0. The van der Waals surface area contributed by atoms with Crippen molar-refractivity contribution < 1.29 is 0 Å². The molecule has 2 rings (SSSR count). The van der Waals surface area contributed by atoms with E-state index in [9.17, 15) is 0 Å². The number of H-pyrrole nitrogens is 1. The molecule has 0 unspecified atom stereocenters. The van der Waals surface area contributed by atoms with Crippen molar-refractivity contribution >= 4 is 11.2 Å². The van der Waals surface area contributed by atoms with Crippen LogP contribution in [0.5, 0.6) is 0 Å². The Balaban J connectivity index is 0.000000184. The standard InChI is InChI=1S/C5H4N4.C3H9N/c1-4-5(8-2-6-1)9-3-7-4;1-4(2)3/h1-3H,(H,6,7,8,9);1-3H3. The van der Waals surface area contributed by atoms with Crippen LogP contribution in [0, 0.1) is 0 Å². The Morgan fingerprint density at radius 3 is 2.54 bits per heavy atom. The Morgan fingerprint density at radius 1 is 1.23 bits per heavy atom. The molecule has 0 saturated carbocycles. The summed E-state index contributed by atoms with van der Waals surface area (Å²) in [7, 11) is 6.00. The number of nitrogens with zero attached hydrogens (tertiary/aromatic N) is 4. The van der Waals surface area contributed by atoms with Gasteiger partial charge in [0.15, 0.2) is 5.65 Å². The van der Waals surface area contributed by atoms with Gasteiger partial charge in [0.1, 0.15) is 11.8 Å². The zero-order chi connectivity index (χ0) is 9.68. The fourth-order valence-corrected chi connectivity index (χ4v) is 0.691. The van der Waals surface area contributed by atoms with E-state index in [0.29, 0.717) is 5.65 Å². The Kier molecular flexibility index (Phi) is 3.33. The maximum atomic E-state index is 3.91. The first-order chi connectivity index (χ1) is 6.20. The van der Waals surface area contributed by atoms with Crippen molar-refractivity contribution in [1.82, 2.24) is 24.8 Å². The number of aromatic amines is 1. The van der Waals surface area contributed by atoms with Crippen LogP contribution in [0.3, 0.4) is 0 Å². The van der Waals surface area contributed by atoms with Gasteiger partial charge in [-0.05, 0) is 21.1 Å². The molecule has 0 atom stereocenters. The minimum atomic E-state index is 0.713. The number of nitrogens with one attached hydrogen (secondary N) is 1. The second kappa shape index (κ2) is 4.51. The van der Waals surface area contributed by atoms with Gasteiger partial charge in [-0.1, -0.05) is 0 Å². The van der Waals surface area contributed by atoms with Crippen molar-refractivity contribution in [2.45, 2.75) is 0 Å². The van der Waals surface area contributed by atoms with E-state index in [0.717, 1.165) is 5.52 Å². The largest absolute Gasteiger partial charge is 0.342 e. The van der Waals surface area contributed by atoms with Crippen LogP contribution in [0.15, 0.2) is 18.9 Å². The van der Waals surface area contributed by atoms with Crippen molar-refractivity contribution in [2.75, 3.05) is 21.1 Å². The summed E-state index contributed by atoms with van der Waals surface area (Å²) in [5.74, 6) is 0. The van der Waals surface area contributed by atoms with Gasteiger partial charge in [-0.15, -0.1) is 0 Å². The molecule has 2 heterocycles. The highest BCUT2D eigenvalue weighted by atomic mass is 15.0. The molecular weight excluding hydrogens is 166 g/mol. The fourth-order valence-electron chi connectivity index (χ4n) is 0.691. The average Bonchev–Trinajstić information content (AvgIpc) is 2.49. The summed E-state index contributed by atoms with van der Waals surface area (Å²) < 4.78 is 0. The van der Waals surface area contributed by atoms with Gasteiger partial charge in [0, 0.05) is 0 Å². The molecule has 13 heavy (non-hydrogen) atoms. The molecule has 2 aromatic heterocycles. The summed E-state index contributed by atoms with van der Waals surface area (Å²) in [6.07, 6.45) is 4.76. The summed E-state index contributed by atoms with van der Waals surface area (Å²) in [4.78, 5) is 16.5. The Morgan fingerprint density at radius 2 is 1.92 bits per heavy atom. The van der Waals surface area contributed by atoms with E-state index in [2.05, 4.69) is 19.9 Å². The third kappa shape index (κ3) is 3.16. The van der Waals surface area contributed by atoms with E-state index in [1.165, 1.54) is 6.33 Å². The molecule has 0 aliphatic heterocycles. The number of hydrogen-bond acceptors (Lipinski definition) is 4. The monoisotopic (exact) mass is 179 g/mol. The van der Waals surface area contributed by atoms with Gasteiger partial charge < -0.3 is 9.88 Å². The van der Waals surface area contributed by atoms with Crippen LogP contribution in [0.1, 0.15) is 0 Å². The van der Waals surface area contributed by atoms with Gasteiger partial charge >= 0.3 is 0 Å². The minimum Gasteiger partial charge on any atom is -0.342 e. The van der Waals surface area contributed by atoms with Crippen LogP contribution in [-0.2, 0) is 0 Å². The van der Waals surface area contributed by atoms with Gasteiger partial charge in [-0.3, -0.25) is 0 Å². The molecule has 5 nitrogen and oxygen atoms in total. The molecule has 1 N–H and O–H groups in total. The van der Waals surface area contributed by atoms with Gasteiger partial charge in [0.25, 0.3) is 0 Å². The van der Waals surface area contributed by atoms with Crippen LogP contribution < -0.4 is 0 Å². The van der Waals surface area contributed by atoms with Crippen LogP contribution in [0.4, 0.5) is 0 Å². The maximum Gasteiger partial charge on any atom is 0.180 e. The zero-order valence-electron chi connectivity index (χ0n) is 8.02. The maximum absolute atomic E-state index is 3.91. The quantitative estimate of drug-likeness (QED) is 0.641. The van der Waals surface area contributed by atoms with Crippen LogP contribution >= 0.6 is 0 Å². The number of fused-ring (bicyclic) bond motifs is 1. The van der Waals surface area contributed by atoms with Gasteiger partial charge in [0.05, 0.1) is 12.5 Å². The molecule has 70 valence electrons. The average molecular weight is 179 g/mol. The van der Waals surface area contributed by atoms with E-state index >= 15 is 0 Å². The SMILES string of the molecule is CN(C)C.c1ncc2[nH]cnc2n1. The number of aromatic nitrogens is 4. The van der Waals surface area contributed by atoms with E-state index < -0.39 is 0 Å². The lowest BCUT2D eigenvalue weighted by molar-refractivity contribution is 0.505. The lowest BCUT2D eigenvalue weighted by Crippen LogP contribution is -1.99. The highest BCUT2D eigenvalue weighted by Gasteiger charge is 1.91. The number of rotatable bonds is 0. The Labute approximate surface area is 76.8 Å². The fraction of sp³-hybridized carbons (Fsp3) is 0.375. The molecule has 5 heteroatoms. The molecule has 0 aliphatic rings. The first-order valence-corrected chi connectivity index (χ1v) is 3.90. The normalized spacial score (nSPS) is 9.85. The molecule has 2 aromatic rings. The van der Waals surface area contributed by atoms with Crippen molar-refractivity contribution in [3.05, 3.63) is 18.9 Å². The summed E-state index contributed by atoms with van der Waals surface area (Å²) >= 11 is 0. The predicted octanol–water partition coefficient (Wildman–Crippen LogP) is 0.531. The molecule has 0 radical (unpaired) electrons. The molecule has 0 saturated heterocycles. The van der Waals surface area contributed by atoms with E-state index in [-0.39, 0.29) is 0 Å². The second-order valence-corrected chi connectivity index (χ2v) is 3.00. The lowest BCUT2D eigenvalue weighted by Gasteiger charge is -1.90. The van der Waals surface area contributed by atoms with E-state index in [4.69, 9.17) is 0 Å². The number of imidazole rings is 1. The molecule has 0 spiro atoms. The highest BCUT2D eigenvalue weighted by Crippen LogP contribution is 1.99. The topological polar surface area (TPSA) is 57.7 Å². The van der Waals surface area contributed by atoms with Crippen molar-refractivity contribution in [3.8, 4) is 0 Å². The smallest absolute Gasteiger partial charge is 0.180 e. The van der Waals surface area contributed by atoms with Crippen molar-refractivity contribution in [3.63, 3.8) is 0 Å². The highest BCUT2D eigenvalue weighted by molar-refractivity contribution is 5.67. The molecule has 0 amide bonds. The van der Waals surface area contributed by atoms with Crippen LogP contribution in [-0.4, -0.2) is 46.0 Å². The summed E-state index contributed by atoms with van der Waals surface area (Å²) in [5.41, 5.74) is 1.59. The molecule has 0 aromatic carbocycles. The van der Waals surface area contributed by atoms with Crippen molar-refractivity contribution in [1.29, 1.82) is 0 Å². The van der Waals surface area contributed by atoms with Gasteiger partial charge in [-0.2, -0.15) is 0 Å². The Hall–Kier alpha value is -1.49. The van der Waals surface area contributed by atoms with Crippen LogP contribution in [0.2, 0.25) is 0 Å². The second-order valence-electron chi connectivity index (χ2n) is 3.00. The van der Waals surface area contributed by atoms with Crippen molar-refractivity contribution in [2.24, 2.45) is 0 Å². The summed E-state index contributed by atoms with van der Waals surface area (Å²) in [5, 5.41) is 0. The zero-order valence-corrected chi connectivity index (χ0v) is 8.02. The molecule has 0 bridgehead atoms. The third-order valence-corrected chi connectivity index (χ3v) is 1.10. The predicted molar refractivity (Wildman–Crippen MR) is 51.3 cm³/mol. The molecular formula is C8H13N5. The molecule has 0 aliphatic carbocycles. The Bertz CT molecular complexity index is 321.